The summed E-state index contributed by atoms with van der Waals surface area (Å²) >= 11 is 0. The third-order valence-electron chi connectivity index (χ3n) is 4.32. The Hall–Kier alpha value is -1.94. The highest BCUT2D eigenvalue weighted by molar-refractivity contribution is 6.02. The van der Waals surface area contributed by atoms with Gasteiger partial charge in [0.05, 0.1) is 17.4 Å². The van der Waals surface area contributed by atoms with Crippen molar-refractivity contribution in [3.05, 3.63) is 48.3 Å². The second kappa shape index (κ2) is 6.22. The first-order valence-electron chi connectivity index (χ1n) is 7.38. The third-order valence-corrected chi connectivity index (χ3v) is 4.32. The Labute approximate surface area is 126 Å². The van der Waals surface area contributed by atoms with Crippen molar-refractivity contribution in [3.8, 4) is 5.69 Å². The van der Waals surface area contributed by atoms with Crippen LogP contribution in [-0.2, 0) is 0 Å². The number of para-hydroxylation sites is 1. The molecule has 1 aromatic heterocycles. The zero-order valence-electron chi connectivity index (χ0n) is 13.2. The Balaban J connectivity index is 2.48. The second-order valence-electron chi connectivity index (χ2n) is 5.43. The number of hydrogen-bond donors (Lipinski definition) is 0. The van der Waals surface area contributed by atoms with Crippen LogP contribution in [0.25, 0.3) is 5.69 Å². The highest BCUT2D eigenvalue weighted by Crippen LogP contribution is 2.27. The summed E-state index contributed by atoms with van der Waals surface area (Å²) in [6.07, 6.45) is 3.23. The van der Waals surface area contributed by atoms with Gasteiger partial charge in [-0.1, -0.05) is 32.0 Å². The maximum absolute atomic E-state index is 13.1. The van der Waals surface area contributed by atoms with E-state index in [9.17, 15) is 4.79 Å². The predicted octanol–water partition coefficient (Wildman–Crippen LogP) is 3.18. The molecule has 1 aromatic carbocycles. The number of carbonyl (C=O) groups excluding carboxylic acids is 1. The van der Waals surface area contributed by atoms with E-state index in [1.54, 1.807) is 16.9 Å². The molecule has 21 heavy (non-hydrogen) atoms. The maximum Gasteiger partial charge on any atom is 0.201 e. The van der Waals surface area contributed by atoms with Crippen LogP contribution in [0.1, 0.15) is 37.2 Å². The van der Waals surface area contributed by atoms with Crippen molar-refractivity contribution >= 4 is 5.78 Å². The number of nitrogens with zero attached hydrogens (tertiary/aromatic N) is 3. The fourth-order valence-electron chi connectivity index (χ4n) is 2.90. The standard InChI is InChI=1S/C17H23N3O/c1-5-17(6-2,19(3)4)16(21)15-12-13-18-20(15)14-10-8-7-9-11-14/h7-13H,5-6H2,1-4H3. The lowest BCUT2D eigenvalue weighted by molar-refractivity contribution is 0.0647. The van der Waals surface area contributed by atoms with Crippen LogP contribution in [0.5, 0.6) is 0 Å². The summed E-state index contributed by atoms with van der Waals surface area (Å²) < 4.78 is 1.73. The number of benzene rings is 1. The first-order chi connectivity index (χ1) is 10.1. The molecule has 2 aromatic rings. The summed E-state index contributed by atoms with van der Waals surface area (Å²) in [5.41, 5.74) is 1.07. The van der Waals surface area contributed by atoms with Crippen LogP contribution >= 0.6 is 0 Å². The molecule has 0 aliphatic carbocycles. The van der Waals surface area contributed by atoms with Gasteiger partial charge in [-0.15, -0.1) is 0 Å². The molecule has 1 heterocycles. The van der Waals surface area contributed by atoms with Crippen molar-refractivity contribution in [2.24, 2.45) is 0 Å². The van der Waals surface area contributed by atoms with Crippen LogP contribution in [0, 0.1) is 0 Å². The highest BCUT2D eigenvalue weighted by atomic mass is 16.1. The molecule has 4 nitrogen and oxygen atoms in total. The average Bonchev–Trinajstić information content (AvgIpc) is 2.98. The number of Topliss-reactive ketones (excluding diaryl/α,β-unsaturated/α-hetero) is 1. The summed E-state index contributed by atoms with van der Waals surface area (Å²) in [4.78, 5) is 15.1. The number of aromatic nitrogens is 2. The normalized spacial score (nSPS) is 11.9. The molecule has 0 fully saturated rings. The highest BCUT2D eigenvalue weighted by Gasteiger charge is 2.39. The fourth-order valence-corrected chi connectivity index (χ4v) is 2.90. The lowest BCUT2D eigenvalue weighted by atomic mass is 9.85. The van der Waals surface area contributed by atoms with E-state index < -0.39 is 5.54 Å². The van der Waals surface area contributed by atoms with Gasteiger partial charge in [0.25, 0.3) is 0 Å². The molecule has 112 valence electrons. The molecule has 0 radical (unpaired) electrons. The largest absolute Gasteiger partial charge is 0.297 e. The van der Waals surface area contributed by atoms with Crippen LogP contribution in [0.15, 0.2) is 42.6 Å². The molecule has 0 saturated carbocycles. The fraction of sp³-hybridized carbons (Fsp3) is 0.412. The topological polar surface area (TPSA) is 38.1 Å². The molecule has 0 bridgehead atoms. The van der Waals surface area contributed by atoms with E-state index in [2.05, 4.69) is 18.9 Å². The molecule has 0 unspecified atom stereocenters. The third kappa shape index (κ3) is 2.63. The van der Waals surface area contributed by atoms with E-state index in [4.69, 9.17) is 0 Å². The van der Waals surface area contributed by atoms with Gasteiger partial charge in [-0.2, -0.15) is 5.10 Å². The first-order valence-corrected chi connectivity index (χ1v) is 7.38. The van der Waals surface area contributed by atoms with Gasteiger partial charge in [0.1, 0.15) is 5.69 Å². The number of hydrogen-bond acceptors (Lipinski definition) is 3. The van der Waals surface area contributed by atoms with Crippen LogP contribution in [0.3, 0.4) is 0 Å². The molecule has 0 spiro atoms. The number of ketones is 1. The van der Waals surface area contributed by atoms with Gasteiger partial charge in [-0.25, -0.2) is 4.68 Å². The van der Waals surface area contributed by atoms with Gasteiger partial charge in [-0.05, 0) is 45.1 Å². The summed E-state index contributed by atoms with van der Waals surface area (Å²) in [6, 6.07) is 11.6. The quantitative estimate of drug-likeness (QED) is 0.765. The lowest BCUT2D eigenvalue weighted by Gasteiger charge is -2.36. The van der Waals surface area contributed by atoms with Crippen LogP contribution in [0.4, 0.5) is 0 Å². The lowest BCUT2D eigenvalue weighted by Crippen LogP contribution is -2.50. The Kier molecular flexibility index (Phi) is 4.58. The van der Waals surface area contributed by atoms with E-state index in [0.29, 0.717) is 5.69 Å². The van der Waals surface area contributed by atoms with Crippen molar-refractivity contribution < 1.29 is 4.79 Å². The molecule has 0 N–H and O–H groups in total. The van der Waals surface area contributed by atoms with E-state index in [1.807, 2.05) is 49.3 Å². The average molecular weight is 285 g/mol. The molecule has 4 heteroatoms. The smallest absolute Gasteiger partial charge is 0.201 e. The van der Waals surface area contributed by atoms with E-state index in [0.717, 1.165) is 18.5 Å². The zero-order chi connectivity index (χ0) is 15.5. The SMILES string of the molecule is CCC(CC)(C(=O)c1ccnn1-c1ccccc1)N(C)C. The summed E-state index contributed by atoms with van der Waals surface area (Å²) in [7, 11) is 3.93. The Morgan fingerprint density at radius 2 is 1.76 bits per heavy atom. The minimum absolute atomic E-state index is 0.124. The van der Waals surface area contributed by atoms with Crippen LogP contribution in [0.2, 0.25) is 0 Å². The van der Waals surface area contributed by atoms with E-state index >= 15 is 0 Å². The van der Waals surface area contributed by atoms with Gasteiger partial charge < -0.3 is 0 Å². The van der Waals surface area contributed by atoms with Gasteiger partial charge >= 0.3 is 0 Å². The molecule has 0 amide bonds. The van der Waals surface area contributed by atoms with Gasteiger partial charge in [-0.3, -0.25) is 9.69 Å². The Morgan fingerprint density at radius 3 is 2.29 bits per heavy atom. The number of likely N-dealkylation sites (N-methyl/N-ethyl adjacent to an activating group) is 1. The van der Waals surface area contributed by atoms with E-state index in [-0.39, 0.29) is 5.78 Å². The second-order valence-corrected chi connectivity index (χ2v) is 5.43. The summed E-state index contributed by atoms with van der Waals surface area (Å²) in [6.45, 7) is 4.12. The molecule has 0 atom stereocenters. The van der Waals surface area contributed by atoms with Crippen molar-refractivity contribution in [1.82, 2.24) is 14.7 Å². The van der Waals surface area contributed by atoms with Crippen molar-refractivity contribution in [1.29, 1.82) is 0 Å². The Bertz CT molecular complexity index is 598. The maximum atomic E-state index is 13.1. The van der Waals surface area contributed by atoms with Crippen molar-refractivity contribution in [3.63, 3.8) is 0 Å². The molecule has 2 rings (SSSR count). The minimum atomic E-state index is -0.480. The van der Waals surface area contributed by atoms with Crippen LogP contribution in [-0.4, -0.2) is 40.1 Å². The molecular weight excluding hydrogens is 262 g/mol. The number of rotatable bonds is 6. The van der Waals surface area contributed by atoms with Crippen molar-refractivity contribution in [2.45, 2.75) is 32.2 Å². The predicted molar refractivity (Wildman–Crippen MR) is 84.9 cm³/mol. The summed E-state index contributed by atoms with van der Waals surface area (Å²) in [5.74, 6) is 0.124. The molecular formula is C17H23N3O. The monoisotopic (exact) mass is 285 g/mol. The Morgan fingerprint density at radius 1 is 1.14 bits per heavy atom. The molecule has 0 aliphatic heterocycles. The van der Waals surface area contributed by atoms with Crippen LogP contribution < -0.4 is 0 Å². The first kappa shape index (κ1) is 15.4. The van der Waals surface area contributed by atoms with Gasteiger partial charge in [0, 0.05) is 0 Å². The van der Waals surface area contributed by atoms with E-state index in [1.165, 1.54) is 0 Å². The molecule has 0 saturated heterocycles. The number of carbonyl (C=O) groups is 1. The minimum Gasteiger partial charge on any atom is -0.297 e. The van der Waals surface area contributed by atoms with Crippen molar-refractivity contribution in [2.75, 3.05) is 14.1 Å². The zero-order valence-corrected chi connectivity index (χ0v) is 13.2. The van der Waals surface area contributed by atoms with Gasteiger partial charge in [0.2, 0.25) is 5.78 Å². The summed E-state index contributed by atoms with van der Waals surface area (Å²) in [5, 5.41) is 4.33. The van der Waals surface area contributed by atoms with Gasteiger partial charge in [0.15, 0.2) is 0 Å². The molecule has 0 aliphatic rings.